The second kappa shape index (κ2) is 6.38. The van der Waals surface area contributed by atoms with Gasteiger partial charge in [-0.05, 0) is 38.7 Å². The Hall–Kier alpha value is -0.820. The standard InChI is InChI=1S/C17H26O/c1-3-18-15(2)17(12-8-5-9-13-17)14-16-10-6-4-7-11-16/h4,6-7,10-11,15H,3,5,8-9,12-14H2,1-2H3. The number of hydrogen-bond donors (Lipinski definition) is 0. The van der Waals surface area contributed by atoms with E-state index in [4.69, 9.17) is 4.74 Å². The Labute approximate surface area is 112 Å². The molecule has 1 nitrogen and oxygen atoms in total. The van der Waals surface area contributed by atoms with Crippen LogP contribution in [0, 0.1) is 5.41 Å². The monoisotopic (exact) mass is 246 g/mol. The summed E-state index contributed by atoms with van der Waals surface area (Å²) in [6.07, 6.45) is 8.33. The van der Waals surface area contributed by atoms with Crippen molar-refractivity contribution in [2.24, 2.45) is 5.41 Å². The van der Waals surface area contributed by atoms with Crippen molar-refractivity contribution in [1.29, 1.82) is 0 Å². The third kappa shape index (κ3) is 3.14. The van der Waals surface area contributed by atoms with Gasteiger partial charge in [-0.15, -0.1) is 0 Å². The van der Waals surface area contributed by atoms with Crippen molar-refractivity contribution in [2.45, 2.75) is 58.5 Å². The minimum absolute atomic E-state index is 0.371. The van der Waals surface area contributed by atoms with Crippen molar-refractivity contribution in [3.05, 3.63) is 35.9 Å². The van der Waals surface area contributed by atoms with Gasteiger partial charge in [0.15, 0.2) is 0 Å². The molecule has 1 unspecified atom stereocenters. The van der Waals surface area contributed by atoms with Crippen LogP contribution < -0.4 is 0 Å². The fraction of sp³-hybridized carbons (Fsp3) is 0.647. The highest BCUT2D eigenvalue weighted by atomic mass is 16.5. The molecule has 2 rings (SSSR count). The average molecular weight is 246 g/mol. The van der Waals surface area contributed by atoms with Crippen molar-refractivity contribution in [2.75, 3.05) is 6.61 Å². The van der Waals surface area contributed by atoms with E-state index in [1.54, 1.807) is 0 Å². The first-order chi connectivity index (χ1) is 8.77. The van der Waals surface area contributed by atoms with Gasteiger partial charge in [0.05, 0.1) is 6.10 Å². The normalized spacial score (nSPS) is 20.6. The Morgan fingerprint density at radius 1 is 1.11 bits per heavy atom. The molecule has 1 aromatic carbocycles. The Bertz CT molecular complexity index is 338. The summed E-state index contributed by atoms with van der Waals surface area (Å²) in [5.74, 6) is 0. The van der Waals surface area contributed by atoms with Crippen LogP contribution in [0.2, 0.25) is 0 Å². The number of hydrogen-bond acceptors (Lipinski definition) is 1. The van der Waals surface area contributed by atoms with Crippen LogP contribution in [0.25, 0.3) is 0 Å². The van der Waals surface area contributed by atoms with Crippen LogP contribution in [-0.4, -0.2) is 12.7 Å². The van der Waals surface area contributed by atoms with E-state index in [0.717, 1.165) is 6.61 Å². The third-order valence-electron chi connectivity index (χ3n) is 4.53. The van der Waals surface area contributed by atoms with Gasteiger partial charge in [0.25, 0.3) is 0 Å². The van der Waals surface area contributed by atoms with Crippen molar-refractivity contribution >= 4 is 0 Å². The molecule has 0 aliphatic heterocycles. The highest BCUT2D eigenvalue weighted by Gasteiger charge is 2.37. The summed E-state index contributed by atoms with van der Waals surface area (Å²) < 4.78 is 5.96. The van der Waals surface area contributed by atoms with E-state index in [1.165, 1.54) is 44.1 Å². The lowest BCUT2D eigenvalue weighted by molar-refractivity contribution is -0.0439. The highest BCUT2D eigenvalue weighted by molar-refractivity contribution is 5.17. The predicted octanol–water partition coefficient (Wildman–Crippen LogP) is 4.60. The van der Waals surface area contributed by atoms with Gasteiger partial charge >= 0.3 is 0 Å². The van der Waals surface area contributed by atoms with Gasteiger partial charge in [-0.1, -0.05) is 49.6 Å². The van der Waals surface area contributed by atoms with E-state index in [2.05, 4.69) is 44.2 Å². The predicted molar refractivity (Wildman–Crippen MR) is 76.8 cm³/mol. The van der Waals surface area contributed by atoms with Gasteiger partial charge in [-0.25, -0.2) is 0 Å². The molecule has 1 aliphatic rings. The number of rotatable bonds is 5. The Morgan fingerprint density at radius 3 is 2.39 bits per heavy atom. The van der Waals surface area contributed by atoms with Gasteiger partial charge < -0.3 is 4.74 Å². The topological polar surface area (TPSA) is 9.23 Å². The van der Waals surface area contributed by atoms with Gasteiger partial charge in [0.1, 0.15) is 0 Å². The molecule has 0 amide bonds. The van der Waals surface area contributed by atoms with Crippen molar-refractivity contribution < 1.29 is 4.74 Å². The minimum Gasteiger partial charge on any atom is -0.378 e. The summed E-state index contributed by atoms with van der Waals surface area (Å²) in [5, 5.41) is 0. The number of benzene rings is 1. The van der Waals surface area contributed by atoms with Crippen LogP contribution in [0.15, 0.2) is 30.3 Å². The second-order valence-electron chi connectivity index (χ2n) is 5.68. The van der Waals surface area contributed by atoms with Crippen molar-refractivity contribution in [1.82, 2.24) is 0 Å². The molecular formula is C17H26O. The summed E-state index contributed by atoms with van der Waals surface area (Å²) in [6.45, 7) is 5.21. The van der Waals surface area contributed by atoms with Crippen LogP contribution in [-0.2, 0) is 11.2 Å². The molecule has 0 N–H and O–H groups in total. The zero-order valence-corrected chi connectivity index (χ0v) is 11.8. The van der Waals surface area contributed by atoms with Crippen LogP contribution in [0.4, 0.5) is 0 Å². The molecule has 1 heteroatoms. The molecule has 18 heavy (non-hydrogen) atoms. The lowest BCUT2D eigenvalue weighted by Gasteiger charge is -2.42. The van der Waals surface area contributed by atoms with Gasteiger partial charge in [-0.3, -0.25) is 0 Å². The first kappa shape index (κ1) is 13.6. The molecule has 1 fully saturated rings. The summed E-state index contributed by atoms with van der Waals surface area (Å²) >= 11 is 0. The maximum absolute atomic E-state index is 5.96. The Morgan fingerprint density at radius 2 is 1.78 bits per heavy atom. The molecule has 1 aromatic rings. The quantitative estimate of drug-likeness (QED) is 0.737. The lowest BCUT2D eigenvalue weighted by atomic mass is 9.67. The highest BCUT2D eigenvalue weighted by Crippen LogP contribution is 2.43. The Kier molecular flexibility index (Phi) is 4.82. The molecule has 1 aliphatic carbocycles. The molecule has 0 spiro atoms. The van der Waals surface area contributed by atoms with Crippen LogP contribution in [0.1, 0.15) is 51.5 Å². The van der Waals surface area contributed by atoms with Gasteiger partial charge in [-0.2, -0.15) is 0 Å². The van der Waals surface area contributed by atoms with Crippen LogP contribution in [0.3, 0.4) is 0 Å². The largest absolute Gasteiger partial charge is 0.378 e. The summed E-state index contributed by atoms with van der Waals surface area (Å²) in [5.41, 5.74) is 1.83. The lowest BCUT2D eigenvalue weighted by Crippen LogP contribution is -2.39. The van der Waals surface area contributed by atoms with E-state index in [0.29, 0.717) is 11.5 Å². The molecule has 1 atom stereocenters. The molecule has 0 aromatic heterocycles. The van der Waals surface area contributed by atoms with E-state index < -0.39 is 0 Å². The van der Waals surface area contributed by atoms with Crippen molar-refractivity contribution in [3.63, 3.8) is 0 Å². The maximum atomic E-state index is 5.96. The molecule has 100 valence electrons. The molecule has 0 heterocycles. The van der Waals surface area contributed by atoms with E-state index in [9.17, 15) is 0 Å². The summed E-state index contributed by atoms with van der Waals surface area (Å²) in [7, 11) is 0. The smallest absolute Gasteiger partial charge is 0.0606 e. The fourth-order valence-electron chi connectivity index (χ4n) is 3.41. The maximum Gasteiger partial charge on any atom is 0.0606 e. The SMILES string of the molecule is CCOC(C)C1(Cc2ccccc2)CCCCC1. The zero-order valence-electron chi connectivity index (χ0n) is 11.8. The number of ether oxygens (including phenoxy) is 1. The van der Waals surface area contributed by atoms with Crippen molar-refractivity contribution in [3.8, 4) is 0 Å². The van der Waals surface area contributed by atoms with E-state index in [-0.39, 0.29) is 0 Å². The van der Waals surface area contributed by atoms with E-state index in [1.807, 2.05) is 0 Å². The molecule has 1 saturated carbocycles. The summed E-state index contributed by atoms with van der Waals surface area (Å²) in [4.78, 5) is 0. The van der Waals surface area contributed by atoms with Gasteiger partial charge in [0, 0.05) is 12.0 Å². The minimum atomic E-state index is 0.371. The first-order valence-electron chi connectivity index (χ1n) is 7.42. The molecule has 0 bridgehead atoms. The third-order valence-corrected chi connectivity index (χ3v) is 4.53. The second-order valence-corrected chi connectivity index (χ2v) is 5.68. The zero-order chi connectivity index (χ0) is 12.8. The van der Waals surface area contributed by atoms with Crippen LogP contribution in [0.5, 0.6) is 0 Å². The first-order valence-corrected chi connectivity index (χ1v) is 7.42. The van der Waals surface area contributed by atoms with Gasteiger partial charge in [0.2, 0.25) is 0 Å². The molecule has 0 radical (unpaired) electrons. The van der Waals surface area contributed by atoms with E-state index >= 15 is 0 Å². The molecule has 0 saturated heterocycles. The fourth-order valence-corrected chi connectivity index (χ4v) is 3.41. The van der Waals surface area contributed by atoms with Crippen LogP contribution >= 0.6 is 0 Å². The average Bonchev–Trinajstić information content (AvgIpc) is 2.41. The molecular weight excluding hydrogens is 220 g/mol. The summed E-state index contributed by atoms with van der Waals surface area (Å²) in [6, 6.07) is 10.9. The Balaban J connectivity index is 2.14.